The molecular weight excluding hydrogens is 190 g/mol. The Labute approximate surface area is 88.5 Å². The normalized spacial score (nSPS) is 10.8. The first-order chi connectivity index (χ1) is 7.22. The Balaban J connectivity index is 2.43. The van der Waals surface area contributed by atoms with Crippen LogP contribution < -0.4 is 5.73 Å². The number of nitrogens with zero attached hydrogens (tertiary/aromatic N) is 1. The summed E-state index contributed by atoms with van der Waals surface area (Å²) in [7, 11) is 0. The lowest BCUT2D eigenvalue weighted by Gasteiger charge is -1.99. The van der Waals surface area contributed by atoms with Crippen molar-refractivity contribution in [2.24, 2.45) is 0 Å². The van der Waals surface area contributed by atoms with Crippen LogP contribution in [0.25, 0.3) is 11.5 Å². The molecule has 0 spiro atoms. The quantitative estimate of drug-likeness (QED) is 0.809. The zero-order valence-electron chi connectivity index (χ0n) is 9.00. The van der Waals surface area contributed by atoms with Crippen LogP contribution >= 0.6 is 0 Å². The molecule has 2 heterocycles. The van der Waals surface area contributed by atoms with Gasteiger partial charge in [0.2, 0.25) is 0 Å². The van der Waals surface area contributed by atoms with Crippen molar-refractivity contribution in [1.29, 1.82) is 0 Å². The highest BCUT2D eigenvalue weighted by Crippen LogP contribution is 2.27. The number of nitrogen functional groups attached to an aromatic ring is 1. The second-order valence-electron chi connectivity index (χ2n) is 3.62. The predicted octanol–water partition coefficient (Wildman–Crippen LogP) is 2.51. The second-order valence-corrected chi connectivity index (χ2v) is 3.62. The minimum Gasteiger partial charge on any atom is -0.460 e. The van der Waals surface area contributed by atoms with Crippen molar-refractivity contribution in [3.05, 3.63) is 23.5 Å². The highest BCUT2D eigenvalue weighted by molar-refractivity contribution is 5.63. The zero-order valence-corrected chi connectivity index (χ0v) is 9.00. The molecule has 2 rings (SSSR count). The number of furan rings is 1. The maximum Gasteiger partial charge on any atom is 0.152 e. The topological polar surface area (TPSA) is 67.8 Å². The Morgan fingerprint density at radius 3 is 2.87 bits per heavy atom. The molecule has 0 fully saturated rings. The standard InChI is InChI=1S/C11H15N3O/c1-3-4-8-10(13-14-11(8)12)9-6-5-7(2)15-9/h5-6H,3-4H2,1-2H3,(H3,12,13,14). The highest BCUT2D eigenvalue weighted by atomic mass is 16.3. The third-order valence-corrected chi connectivity index (χ3v) is 2.39. The third-order valence-electron chi connectivity index (χ3n) is 2.39. The number of anilines is 1. The molecule has 0 bridgehead atoms. The van der Waals surface area contributed by atoms with E-state index in [1.54, 1.807) is 0 Å². The van der Waals surface area contributed by atoms with Gasteiger partial charge in [-0.25, -0.2) is 0 Å². The second kappa shape index (κ2) is 3.81. The number of H-pyrrole nitrogens is 1. The van der Waals surface area contributed by atoms with Crippen molar-refractivity contribution >= 4 is 5.82 Å². The molecule has 4 nitrogen and oxygen atoms in total. The average Bonchev–Trinajstić information content (AvgIpc) is 2.76. The molecule has 0 unspecified atom stereocenters. The fourth-order valence-electron chi connectivity index (χ4n) is 1.65. The summed E-state index contributed by atoms with van der Waals surface area (Å²) in [4.78, 5) is 0. The van der Waals surface area contributed by atoms with Gasteiger partial charge < -0.3 is 10.2 Å². The van der Waals surface area contributed by atoms with Gasteiger partial charge in [-0.15, -0.1) is 0 Å². The minimum atomic E-state index is 0.570. The molecule has 15 heavy (non-hydrogen) atoms. The van der Waals surface area contributed by atoms with Crippen molar-refractivity contribution in [2.45, 2.75) is 26.7 Å². The summed E-state index contributed by atoms with van der Waals surface area (Å²) in [6.45, 7) is 4.03. The summed E-state index contributed by atoms with van der Waals surface area (Å²) in [5.41, 5.74) is 7.74. The van der Waals surface area contributed by atoms with Gasteiger partial charge >= 0.3 is 0 Å². The van der Waals surface area contributed by atoms with Gasteiger partial charge in [0.25, 0.3) is 0 Å². The van der Waals surface area contributed by atoms with E-state index in [0.29, 0.717) is 5.82 Å². The van der Waals surface area contributed by atoms with Crippen LogP contribution in [0.5, 0.6) is 0 Å². The van der Waals surface area contributed by atoms with E-state index in [1.165, 1.54) is 0 Å². The van der Waals surface area contributed by atoms with Crippen molar-refractivity contribution in [3.8, 4) is 11.5 Å². The van der Waals surface area contributed by atoms with Crippen LogP contribution in [0.1, 0.15) is 24.7 Å². The molecule has 4 heteroatoms. The summed E-state index contributed by atoms with van der Waals surface area (Å²) in [5, 5.41) is 6.93. The number of aryl methyl sites for hydroxylation is 1. The summed E-state index contributed by atoms with van der Waals surface area (Å²) in [6.07, 6.45) is 1.95. The Kier molecular flexibility index (Phi) is 2.49. The van der Waals surface area contributed by atoms with Gasteiger partial charge in [-0.3, -0.25) is 5.10 Å². The maximum atomic E-state index is 5.79. The lowest BCUT2D eigenvalue weighted by Crippen LogP contribution is -1.92. The molecule has 0 atom stereocenters. The van der Waals surface area contributed by atoms with Crippen molar-refractivity contribution < 1.29 is 4.42 Å². The summed E-state index contributed by atoms with van der Waals surface area (Å²) in [6, 6.07) is 3.86. The first-order valence-electron chi connectivity index (χ1n) is 5.12. The van der Waals surface area contributed by atoms with E-state index in [4.69, 9.17) is 10.2 Å². The summed E-state index contributed by atoms with van der Waals surface area (Å²) < 4.78 is 5.54. The number of rotatable bonds is 3. The molecule has 3 N–H and O–H groups in total. The number of hydrogen-bond acceptors (Lipinski definition) is 3. The Morgan fingerprint density at radius 1 is 1.47 bits per heavy atom. The van der Waals surface area contributed by atoms with Gasteiger partial charge in [0.05, 0.1) is 0 Å². The molecule has 0 aromatic carbocycles. The first-order valence-corrected chi connectivity index (χ1v) is 5.12. The lowest BCUT2D eigenvalue weighted by molar-refractivity contribution is 0.545. The van der Waals surface area contributed by atoms with E-state index < -0.39 is 0 Å². The van der Waals surface area contributed by atoms with Crippen LogP contribution in [0.2, 0.25) is 0 Å². The van der Waals surface area contributed by atoms with Crippen molar-refractivity contribution in [3.63, 3.8) is 0 Å². The summed E-state index contributed by atoms with van der Waals surface area (Å²) in [5.74, 6) is 2.27. The Morgan fingerprint density at radius 2 is 2.27 bits per heavy atom. The van der Waals surface area contributed by atoms with E-state index in [0.717, 1.165) is 35.6 Å². The number of aromatic nitrogens is 2. The van der Waals surface area contributed by atoms with E-state index in [9.17, 15) is 0 Å². The molecule has 0 saturated carbocycles. The van der Waals surface area contributed by atoms with Gasteiger partial charge in [-0.2, -0.15) is 5.10 Å². The smallest absolute Gasteiger partial charge is 0.152 e. The molecule has 0 radical (unpaired) electrons. The third kappa shape index (κ3) is 1.75. The molecular formula is C11H15N3O. The Bertz CT molecular complexity index is 456. The molecule has 0 aliphatic rings. The molecule has 80 valence electrons. The summed E-state index contributed by atoms with van der Waals surface area (Å²) >= 11 is 0. The minimum absolute atomic E-state index is 0.570. The number of nitrogens with one attached hydrogen (secondary N) is 1. The highest BCUT2D eigenvalue weighted by Gasteiger charge is 2.14. The zero-order chi connectivity index (χ0) is 10.8. The van der Waals surface area contributed by atoms with E-state index in [-0.39, 0.29) is 0 Å². The van der Waals surface area contributed by atoms with Crippen LogP contribution in [-0.2, 0) is 6.42 Å². The molecule has 2 aromatic rings. The molecule has 2 aromatic heterocycles. The van der Waals surface area contributed by atoms with Crippen LogP contribution in [-0.4, -0.2) is 10.2 Å². The average molecular weight is 205 g/mol. The van der Waals surface area contributed by atoms with Gasteiger partial charge in [0.15, 0.2) is 5.76 Å². The lowest BCUT2D eigenvalue weighted by atomic mass is 10.1. The SMILES string of the molecule is CCCc1c(N)n[nH]c1-c1ccc(C)o1. The van der Waals surface area contributed by atoms with Crippen LogP contribution in [0.4, 0.5) is 5.82 Å². The van der Waals surface area contributed by atoms with Crippen LogP contribution in [0.3, 0.4) is 0 Å². The molecule has 0 aliphatic heterocycles. The first kappa shape index (κ1) is 9.83. The largest absolute Gasteiger partial charge is 0.460 e. The van der Waals surface area contributed by atoms with Gasteiger partial charge in [0, 0.05) is 5.56 Å². The van der Waals surface area contributed by atoms with Crippen LogP contribution in [0.15, 0.2) is 16.5 Å². The number of nitrogens with two attached hydrogens (primary N) is 1. The van der Waals surface area contributed by atoms with Gasteiger partial charge in [-0.1, -0.05) is 13.3 Å². The fourth-order valence-corrected chi connectivity index (χ4v) is 1.65. The maximum absolute atomic E-state index is 5.79. The monoisotopic (exact) mass is 205 g/mol. The van der Waals surface area contributed by atoms with Gasteiger partial charge in [0.1, 0.15) is 17.3 Å². The molecule has 0 saturated heterocycles. The van der Waals surface area contributed by atoms with E-state index in [1.807, 2.05) is 19.1 Å². The number of hydrogen-bond donors (Lipinski definition) is 2. The van der Waals surface area contributed by atoms with Crippen molar-refractivity contribution in [1.82, 2.24) is 10.2 Å². The predicted molar refractivity (Wildman–Crippen MR) is 59.4 cm³/mol. The number of aromatic amines is 1. The van der Waals surface area contributed by atoms with Gasteiger partial charge in [-0.05, 0) is 25.5 Å². The molecule has 0 aliphatic carbocycles. The Hall–Kier alpha value is -1.71. The van der Waals surface area contributed by atoms with Crippen LogP contribution in [0, 0.1) is 6.92 Å². The molecule has 0 amide bonds. The van der Waals surface area contributed by atoms with Crippen molar-refractivity contribution in [2.75, 3.05) is 5.73 Å². The van der Waals surface area contributed by atoms with E-state index in [2.05, 4.69) is 17.1 Å². The fraction of sp³-hybridized carbons (Fsp3) is 0.364. The van der Waals surface area contributed by atoms with E-state index >= 15 is 0 Å².